The van der Waals surface area contributed by atoms with Crippen molar-refractivity contribution in [3.05, 3.63) is 71.9 Å². The molecule has 2 aromatic carbocycles. The molecule has 1 saturated heterocycles. The van der Waals surface area contributed by atoms with E-state index in [1.165, 1.54) is 5.56 Å². The molecular weight excluding hydrogens is 438 g/mol. The average molecular weight is 474 g/mol. The van der Waals surface area contributed by atoms with Crippen molar-refractivity contribution >= 4 is 16.8 Å². The van der Waals surface area contributed by atoms with Gasteiger partial charge >= 0.3 is 0 Å². The molecule has 184 valence electrons. The summed E-state index contributed by atoms with van der Waals surface area (Å²) in [4.78, 5) is 22.5. The van der Waals surface area contributed by atoms with Crippen molar-refractivity contribution in [2.75, 3.05) is 39.4 Å². The number of aliphatic hydroxyl groups excluding tert-OH is 1. The maximum atomic E-state index is 13.5. The molecule has 3 aliphatic rings. The lowest BCUT2D eigenvalue weighted by molar-refractivity contribution is 0.0319. The summed E-state index contributed by atoms with van der Waals surface area (Å²) >= 11 is 0. The highest BCUT2D eigenvalue weighted by Gasteiger charge is 2.34. The minimum atomic E-state index is -0.0548. The average Bonchev–Trinajstić information content (AvgIpc) is 2.92. The topological polar surface area (TPSA) is 65.9 Å². The fourth-order valence-corrected chi connectivity index (χ4v) is 5.42. The first-order valence-corrected chi connectivity index (χ1v) is 12.8. The van der Waals surface area contributed by atoms with Crippen LogP contribution >= 0.6 is 0 Å². The van der Waals surface area contributed by atoms with Crippen LogP contribution < -0.4 is 4.74 Å². The number of aromatic nitrogens is 1. The number of amides is 1. The molecule has 0 atom stereocenters. The van der Waals surface area contributed by atoms with Crippen LogP contribution in [0.25, 0.3) is 10.9 Å². The molecule has 1 aromatic heterocycles. The van der Waals surface area contributed by atoms with Gasteiger partial charge in [0.05, 0.1) is 12.1 Å². The summed E-state index contributed by atoms with van der Waals surface area (Å²) in [6, 6.07) is 19.9. The van der Waals surface area contributed by atoms with E-state index in [0.29, 0.717) is 25.4 Å². The Kier molecular flexibility index (Phi) is 7.30. The van der Waals surface area contributed by atoms with Crippen LogP contribution in [-0.2, 0) is 6.54 Å². The first-order valence-electron chi connectivity index (χ1n) is 12.8. The number of benzene rings is 2. The highest BCUT2D eigenvalue weighted by molar-refractivity contribution is 5.94. The van der Waals surface area contributed by atoms with E-state index in [9.17, 15) is 9.90 Å². The van der Waals surface area contributed by atoms with Crippen LogP contribution in [0, 0.1) is 5.41 Å². The number of carbonyl (C=O) groups excluding carboxylic acids is 1. The summed E-state index contributed by atoms with van der Waals surface area (Å²) < 4.78 is 6.22. The van der Waals surface area contributed by atoms with E-state index in [2.05, 4.69) is 22.0 Å². The second-order valence-electron chi connectivity index (χ2n) is 10.0. The van der Waals surface area contributed by atoms with Crippen LogP contribution in [0.1, 0.15) is 48.2 Å². The number of para-hydroxylation sites is 2. The van der Waals surface area contributed by atoms with E-state index >= 15 is 0 Å². The molecule has 3 aromatic rings. The summed E-state index contributed by atoms with van der Waals surface area (Å²) in [5.74, 6) is 0.832. The van der Waals surface area contributed by atoms with Crippen molar-refractivity contribution in [3.63, 3.8) is 0 Å². The van der Waals surface area contributed by atoms with Gasteiger partial charge in [-0.1, -0.05) is 48.9 Å². The number of hydrogen-bond donors (Lipinski definition) is 1. The van der Waals surface area contributed by atoms with Crippen LogP contribution in [0.3, 0.4) is 0 Å². The maximum absolute atomic E-state index is 13.5. The van der Waals surface area contributed by atoms with Gasteiger partial charge in [-0.25, -0.2) is 4.98 Å². The largest absolute Gasteiger partial charge is 0.491 e. The van der Waals surface area contributed by atoms with E-state index in [4.69, 9.17) is 4.74 Å². The third kappa shape index (κ3) is 5.49. The number of fused-ring (bicyclic) bond motifs is 10. The van der Waals surface area contributed by atoms with Crippen molar-refractivity contribution < 1.29 is 14.6 Å². The highest BCUT2D eigenvalue weighted by Crippen LogP contribution is 2.37. The smallest absolute Gasteiger partial charge is 0.272 e. The number of pyridine rings is 1. The Bertz CT molecular complexity index is 1160. The van der Waals surface area contributed by atoms with Gasteiger partial charge in [0.15, 0.2) is 0 Å². The predicted octanol–water partition coefficient (Wildman–Crippen LogP) is 4.51. The van der Waals surface area contributed by atoms with Crippen molar-refractivity contribution in [2.45, 2.75) is 38.6 Å². The Morgan fingerprint density at radius 2 is 1.71 bits per heavy atom. The molecule has 0 saturated carbocycles. The Labute approximate surface area is 207 Å². The molecule has 3 aliphatic heterocycles. The molecule has 4 heterocycles. The van der Waals surface area contributed by atoms with E-state index in [-0.39, 0.29) is 17.9 Å². The lowest BCUT2D eigenvalue weighted by Gasteiger charge is -2.41. The molecular formula is C29H35N3O3. The molecule has 0 unspecified atom stereocenters. The molecule has 6 nitrogen and oxygen atoms in total. The number of nitrogens with zero attached hydrogens (tertiary/aromatic N) is 3. The zero-order valence-corrected chi connectivity index (χ0v) is 20.4. The third-order valence-electron chi connectivity index (χ3n) is 7.73. The molecule has 6 rings (SSSR count). The van der Waals surface area contributed by atoms with Crippen LogP contribution in [-0.4, -0.2) is 65.2 Å². The fraction of sp³-hybridized carbons (Fsp3) is 0.448. The number of carbonyl (C=O) groups is 1. The van der Waals surface area contributed by atoms with Crippen molar-refractivity contribution in [3.8, 4) is 5.75 Å². The first-order chi connectivity index (χ1) is 17.2. The minimum absolute atomic E-state index is 0.00143. The van der Waals surface area contributed by atoms with Crippen LogP contribution in [0.5, 0.6) is 5.75 Å². The van der Waals surface area contributed by atoms with E-state index in [0.717, 1.165) is 68.4 Å². The summed E-state index contributed by atoms with van der Waals surface area (Å²) in [5.41, 5.74) is 2.48. The van der Waals surface area contributed by atoms with Gasteiger partial charge in [0, 0.05) is 30.6 Å². The van der Waals surface area contributed by atoms with E-state index < -0.39 is 0 Å². The van der Waals surface area contributed by atoms with Gasteiger partial charge in [0.2, 0.25) is 0 Å². The summed E-state index contributed by atoms with van der Waals surface area (Å²) in [5, 5.41) is 11.3. The quantitative estimate of drug-likeness (QED) is 0.593. The number of piperidine rings is 1. The van der Waals surface area contributed by atoms with Crippen LogP contribution in [0.4, 0.5) is 0 Å². The van der Waals surface area contributed by atoms with Gasteiger partial charge < -0.3 is 14.7 Å². The molecule has 35 heavy (non-hydrogen) atoms. The number of rotatable bonds is 2. The van der Waals surface area contributed by atoms with Crippen molar-refractivity contribution in [1.82, 2.24) is 14.8 Å². The normalized spacial score (nSPS) is 23.7. The number of hydrogen-bond acceptors (Lipinski definition) is 5. The fourth-order valence-electron chi connectivity index (χ4n) is 5.42. The van der Waals surface area contributed by atoms with Crippen LogP contribution in [0.15, 0.2) is 60.7 Å². The van der Waals surface area contributed by atoms with Gasteiger partial charge in [0.1, 0.15) is 18.1 Å². The summed E-state index contributed by atoms with van der Waals surface area (Å²) in [6.45, 7) is 4.69. The van der Waals surface area contributed by atoms with Gasteiger partial charge in [-0.3, -0.25) is 9.69 Å². The number of ether oxygens (including phenoxy) is 1. The van der Waals surface area contributed by atoms with E-state index in [1.807, 2.05) is 53.4 Å². The molecule has 0 radical (unpaired) electrons. The van der Waals surface area contributed by atoms with Crippen molar-refractivity contribution in [1.29, 1.82) is 0 Å². The second kappa shape index (κ2) is 10.8. The minimum Gasteiger partial charge on any atom is -0.491 e. The second-order valence-corrected chi connectivity index (χ2v) is 10.0. The molecule has 0 aliphatic carbocycles. The standard InChI is InChI=1S/C29H35N3O3/c33-22-29-13-5-6-16-32(28(34)26-12-11-23-7-1-3-9-25(23)30-26)19-20-35-27-10-4-2-8-24(27)21-31(17-14-29)18-15-29/h1-4,7-12,33H,5-6,13-22H2. The lowest BCUT2D eigenvalue weighted by atomic mass is 9.75. The Morgan fingerprint density at radius 3 is 2.57 bits per heavy atom. The van der Waals surface area contributed by atoms with Crippen molar-refractivity contribution in [2.24, 2.45) is 5.41 Å². The SMILES string of the molecule is O=C(c1ccc2ccccc2n1)N1CCCCC2(CO)CCN(CC2)Cc2ccccc2OCC1. The predicted molar refractivity (Wildman–Crippen MR) is 137 cm³/mol. The molecule has 1 amide bonds. The Morgan fingerprint density at radius 1 is 0.914 bits per heavy atom. The summed E-state index contributed by atoms with van der Waals surface area (Å²) in [6.07, 6.45) is 4.92. The summed E-state index contributed by atoms with van der Waals surface area (Å²) in [7, 11) is 0. The van der Waals surface area contributed by atoms with Gasteiger partial charge in [-0.2, -0.15) is 0 Å². The first kappa shape index (κ1) is 23.8. The van der Waals surface area contributed by atoms with E-state index in [1.54, 1.807) is 0 Å². The van der Waals surface area contributed by atoms with Gasteiger partial charge in [-0.15, -0.1) is 0 Å². The number of aliphatic hydroxyl groups is 1. The molecule has 0 spiro atoms. The Hall–Kier alpha value is -2.96. The monoisotopic (exact) mass is 473 g/mol. The maximum Gasteiger partial charge on any atom is 0.272 e. The highest BCUT2D eigenvalue weighted by atomic mass is 16.5. The Balaban J connectivity index is 1.37. The molecule has 1 N–H and O–H groups in total. The zero-order chi connectivity index (χ0) is 24.1. The molecule has 2 bridgehead atoms. The molecule has 6 heteroatoms. The zero-order valence-electron chi connectivity index (χ0n) is 20.4. The van der Waals surface area contributed by atoms with Gasteiger partial charge in [-0.05, 0) is 62.4 Å². The third-order valence-corrected chi connectivity index (χ3v) is 7.73. The molecule has 1 fully saturated rings. The van der Waals surface area contributed by atoms with Crippen LogP contribution in [0.2, 0.25) is 0 Å². The van der Waals surface area contributed by atoms with Gasteiger partial charge in [0.25, 0.3) is 5.91 Å². The lowest BCUT2D eigenvalue weighted by Crippen LogP contribution is -2.41.